The van der Waals surface area contributed by atoms with E-state index in [-0.39, 0.29) is 17.4 Å². The van der Waals surface area contributed by atoms with Crippen molar-refractivity contribution in [3.05, 3.63) is 47.5 Å². The molecule has 0 aromatic heterocycles. The maximum absolute atomic E-state index is 12.7. The van der Waals surface area contributed by atoms with Crippen molar-refractivity contribution in [2.24, 2.45) is 0 Å². The molecule has 6 nitrogen and oxygen atoms in total. The van der Waals surface area contributed by atoms with Gasteiger partial charge in [0.25, 0.3) is 0 Å². The third-order valence-electron chi connectivity index (χ3n) is 4.10. The number of methoxy groups -OCH3 is 3. The SMILES string of the molecule is COc1ccc(S(=O)(=O)NCc2c(OC)cccc2OC)cc1C(C)C. The zero-order valence-corrected chi connectivity index (χ0v) is 16.5. The van der Waals surface area contributed by atoms with Crippen LogP contribution < -0.4 is 18.9 Å². The lowest BCUT2D eigenvalue weighted by Crippen LogP contribution is -2.24. The molecule has 0 aliphatic carbocycles. The minimum absolute atomic E-state index is 0.0541. The van der Waals surface area contributed by atoms with Gasteiger partial charge in [-0.25, -0.2) is 13.1 Å². The fraction of sp³-hybridized carbons (Fsp3) is 0.368. The van der Waals surface area contributed by atoms with Crippen LogP contribution in [0.2, 0.25) is 0 Å². The van der Waals surface area contributed by atoms with Crippen LogP contribution in [0.3, 0.4) is 0 Å². The largest absolute Gasteiger partial charge is 0.496 e. The Labute approximate surface area is 155 Å². The topological polar surface area (TPSA) is 73.9 Å². The molecule has 7 heteroatoms. The third kappa shape index (κ3) is 4.28. The second kappa shape index (κ2) is 8.42. The highest BCUT2D eigenvalue weighted by Gasteiger charge is 2.19. The van der Waals surface area contributed by atoms with Gasteiger partial charge in [0.1, 0.15) is 17.2 Å². The number of rotatable bonds is 8. The highest BCUT2D eigenvalue weighted by Crippen LogP contribution is 2.30. The Bertz CT molecular complexity index is 840. The molecule has 0 atom stereocenters. The Morgan fingerprint density at radius 2 is 1.50 bits per heavy atom. The van der Waals surface area contributed by atoms with Gasteiger partial charge in [-0.15, -0.1) is 0 Å². The van der Waals surface area contributed by atoms with Gasteiger partial charge in [0, 0.05) is 6.54 Å². The van der Waals surface area contributed by atoms with Crippen molar-refractivity contribution in [2.75, 3.05) is 21.3 Å². The van der Waals surface area contributed by atoms with Crippen molar-refractivity contribution in [3.8, 4) is 17.2 Å². The summed E-state index contributed by atoms with van der Waals surface area (Å²) in [6.07, 6.45) is 0. The summed E-state index contributed by atoms with van der Waals surface area (Å²) >= 11 is 0. The highest BCUT2D eigenvalue weighted by atomic mass is 32.2. The normalized spacial score (nSPS) is 11.5. The molecule has 0 saturated heterocycles. The predicted octanol–water partition coefficient (Wildman–Crippen LogP) is 3.31. The molecular weight excluding hydrogens is 354 g/mol. The number of sulfonamides is 1. The summed E-state index contributed by atoms with van der Waals surface area (Å²) in [5.74, 6) is 1.93. The van der Waals surface area contributed by atoms with Crippen molar-refractivity contribution in [2.45, 2.75) is 31.2 Å². The maximum Gasteiger partial charge on any atom is 0.240 e. The molecule has 0 spiro atoms. The minimum Gasteiger partial charge on any atom is -0.496 e. The van der Waals surface area contributed by atoms with Crippen LogP contribution in [-0.4, -0.2) is 29.7 Å². The molecule has 1 N–H and O–H groups in total. The number of ether oxygens (including phenoxy) is 3. The number of benzene rings is 2. The van der Waals surface area contributed by atoms with E-state index in [1.54, 1.807) is 37.4 Å². The van der Waals surface area contributed by atoms with E-state index in [0.29, 0.717) is 22.8 Å². The Hall–Kier alpha value is -2.25. The van der Waals surface area contributed by atoms with Crippen LogP contribution in [0, 0.1) is 0 Å². The van der Waals surface area contributed by atoms with Crippen LogP contribution in [0.1, 0.15) is 30.9 Å². The summed E-state index contributed by atoms with van der Waals surface area (Å²) in [6.45, 7) is 4.03. The standard InChI is InChI=1S/C19H25NO5S/c1-13(2)15-11-14(9-10-19(15)25-5)26(21,22)20-12-16-17(23-3)7-6-8-18(16)24-4/h6-11,13,20H,12H2,1-5H3. The first kappa shape index (κ1) is 20.1. The quantitative estimate of drug-likeness (QED) is 0.762. The molecule has 0 saturated carbocycles. The van der Waals surface area contributed by atoms with Crippen molar-refractivity contribution < 1.29 is 22.6 Å². The molecule has 0 bridgehead atoms. The highest BCUT2D eigenvalue weighted by molar-refractivity contribution is 7.89. The molecule has 2 aromatic carbocycles. The Balaban J connectivity index is 2.32. The monoisotopic (exact) mass is 379 g/mol. The van der Waals surface area contributed by atoms with Gasteiger partial charge in [-0.2, -0.15) is 0 Å². The average Bonchev–Trinajstić information content (AvgIpc) is 2.65. The Morgan fingerprint density at radius 1 is 0.923 bits per heavy atom. The fourth-order valence-electron chi connectivity index (χ4n) is 2.68. The van der Waals surface area contributed by atoms with E-state index in [1.807, 2.05) is 13.8 Å². The van der Waals surface area contributed by atoms with E-state index < -0.39 is 10.0 Å². The summed E-state index contributed by atoms with van der Waals surface area (Å²) in [6, 6.07) is 10.2. The number of hydrogen-bond donors (Lipinski definition) is 1. The summed E-state index contributed by atoms with van der Waals surface area (Å²) in [5.41, 5.74) is 1.48. The second-order valence-electron chi connectivity index (χ2n) is 6.02. The maximum atomic E-state index is 12.7. The summed E-state index contributed by atoms with van der Waals surface area (Å²) in [4.78, 5) is 0.191. The lowest BCUT2D eigenvalue weighted by molar-refractivity contribution is 0.384. The molecule has 0 radical (unpaired) electrons. The van der Waals surface area contributed by atoms with Crippen LogP contribution in [-0.2, 0) is 16.6 Å². The molecule has 0 fully saturated rings. The fourth-order valence-corrected chi connectivity index (χ4v) is 3.71. The first-order chi connectivity index (χ1) is 12.3. The molecule has 0 aliphatic heterocycles. The van der Waals surface area contributed by atoms with E-state index in [2.05, 4.69) is 4.72 Å². The van der Waals surface area contributed by atoms with E-state index in [0.717, 1.165) is 5.56 Å². The molecule has 0 heterocycles. The summed E-state index contributed by atoms with van der Waals surface area (Å²) in [5, 5.41) is 0. The molecule has 0 unspecified atom stereocenters. The first-order valence-electron chi connectivity index (χ1n) is 8.21. The average molecular weight is 379 g/mol. The zero-order chi connectivity index (χ0) is 19.3. The molecule has 0 amide bonds. The molecule has 2 aromatic rings. The van der Waals surface area contributed by atoms with Gasteiger partial charge in [-0.3, -0.25) is 0 Å². The summed E-state index contributed by atoms with van der Waals surface area (Å²) in [7, 11) is 0.931. The Morgan fingerprint density at radius 3 is 2.00 bits per heavy atom. The second-order valence-corrected chi connectivity index (χ2v) is 7.79. The van der Waals surface area contributed by atoms with Gasteiger partial charge in [0.2, 0.25) is 10.0 Å². The van der Waals surface area contributed by atoms with E-state index in [1.165, 1.54) is 20.3 Å². The molecular formula is C19H25NO5S. The minimum atomic E-state index is -3.71. The molecule has 0 aliphatic rings. The lowest BCUT2D eigenvalue weighted by Gasteiger charge is -2.16. The van der Waals surface area contributed by atoms with Gasteiger partial charge in [0.15, 0.2) is 0 Å². The van der Waals surface area contributed by atoms with Gasteiger partial charge >= 0.3 is 0 Å². The van der Waals surface area contributed by atoms with Crippen LogP contribution in [0.5, 0.6) is 17.2 Å². The van der Waals surface area contributed by atoms with Crippen molar-refractivity contribution >= 4 is 10.0 Å². The van der Waals surface area contributed by atoms with Gasteiger partial charge in [-0.05, 0) is 41.8 Å². The van der Waals surface area contributed by atoms with Gasteiger partial charge in [0.05, 0.1) is 31.8 Å². The van der Waals surface area contributed by atoms with Gasteiger partial charge < -0.3 is 14.2 Å². The van der Waals surface area contributed by atoms with Crippen LogP contribution in [0.25, 0.3) is 0 Å². The smallest absolute Gasteiger partial charge is 0.240 e. The third-order valence-corrected chi connectivity index (χ3v) is 5.50. The van der Waals surface area contributed by atoms with Crippen LogP contribution in [0.4, 0.5) is 0 Å². The Kier molecular flexibility index (Phi) is 6.50. The summed E-state index contributed by atoms with van der Waals surface area (Å²) < 4.78 is 44.0. The van der Waals surface area contributed by atoms with Crippen molar-refractivity contribution in [1.29, 1.82) is 0 Å². The van der Waals surface area contributed by atoms with E-state index in [4.69, 9.17) is 14.2 Å². The molecule has 2 rings (SSSR count). The van der Waals surface area contributed by atoms with Crippen molar-refractivity contribution in [1.82, 2.24) is 4.72 Å². The van der Waals surface area contributed by atoms with Crippen LogP contribution >= 0.6 is 0 Å². The van der Waals surface area contributed by atoms with E-state index in [9.17, 15) is 8.42 Å². The van der Waals surface area contributed by atoms with Crippen molar-refractivity contribution in [3.63, 3.8) is 0 Å². The lowest BCUT2D eigenvalue weighted by atomic mass is 10.0. The molecule has 26 heavy (non-hydrogen) atoms. The molecule has 142 valence electrons. The zero-order valence-electron chi connectivity index (χ0n) is 15.7. The van der Waals surface area contributed by atoms with Crippen LogP contribution in [0.15, 0.2) is 41.3 Å². The first-order valence-corrected chi connectivity index (χ1v) is 9.69. The van der Waals surface area contributed by atoms with Gasteiger partial charge in [-0.1, -0.05) is 19.9 Å². The predicted molar refractivity (Wildman–Crippen MR) is 101 cm³/mol. The number of hydrogen-bond acceptors (Lipinski definition) is 5. The van der Waals surface area contributed by atoms with E-state index >= 15 is 0 Å². The number of nitrogens with one attached hydrogen (secondary N) is 1.